The summed E-state index contributed by atoms with van der Waals surface area (Å²) in [7, 11) is 0. The largest absolute Gasteiger partial charge is 0.487 e. The average Bonchev–Trinajstić information content (AvgIpc) is 3.33. The molecule has 3 aromatic rings. The monoisotopic (exact) mass is 336 g/mol. The van der Waals surface area contributed by atoms with Crippen LogP contribution >= 0.6 is 0 Å². The fourth-order valence-electron chi connectivity index (χ4n) is 2.10. The highest BCUT2D eigenvalue weighted by molar-refractivity contribution is 5.74. The van der Waals surface area contributed by atoms with E-state index in [4.69, 9.17) is 4.74 Å². The summed E-state index contributed by atoms with van der Waals surface area (Å²) >= 11 is 0. The van der Waals surface area contributed by atoms with Crippen LogP contribution in [0.25, 0.3) is 5.57 Å². The predicted octanol–water partition coefficient (Wildman–Crippen LogP) is 1.97. The number of tetrazole rings is 1. The van der Waals surface area contributed by atoms with E-state index < -0.39 is 0 Å². The van der Waals surface area contributed by atoms with E-state index in [0.29, 0.717) is 12.4 Å². The number of anilines is 1. The van der Waals surface area contributed by atoms with Crippen molar-refractivity contribution in [3.05, 3.63) is 54.2 Å². The van der Waals surface area contributed by atoms with E-state index in [1.165, 1.54) is 6.20 Å². The summed E-state index contributed by atoms with van der Waals surface area (Å²) in [4.78, 5) is 0. The Bertz CT molecular complexity index is 891. The van der Waals surface area contributed by atoms with Gasteiger partial charge < -0.3 is 10.1 Å². The molecular formula is C16H16N8O. The number of ether oxygens (including phenoxy) is 1. The first kappa shape index (κ1) is 16.2. The first-order chi connectivity index (χ1) is 12.3. The Hall–Kier alpha value is -3.67. The van der Waals surface area contributed by atoms with E-state index in [1.807, 2.05) is 48.1 Å². The molecule has 2 aromatic heterocycles. The number of hydrogen-bond acceptors (Lipinski definition) is 7. The summed E-state index contributed by atoms with van der Waals surface area (Å²) in [5.41, 5.74) is 1.96. The molecule has 0 aliphatic rings. The predicted molar refractivity (Wildman–Crippen MR) is 90.1 cm³/mol. The number of hydrogen-bond donors (Lipinski definition) is 2. The van der Waals surface area contributed by atoms with E-state index >= 15 is 0 Å². The lowest BCUT2D eigenvalue weighted by molar-refractivity contribution is 0.307. The number of nitrogens with one attached hydrogen (secondary N) is 2. The molecular weight excluding hydrogens is 320 g/mol. The number of aryl methyl sites for hydroxylation is 1. The quantitative estimate of drug-likeness (QED) is 0.633. The van der Waals surface area contributed by atoms with Gasteiger partial charge in [-0.2, -0.15) is 15.6 Å². The maximum Gasteiger partial charge on any atom is 0.216 e. The van der Waals surface area contributed by atoms with Crippen LogP contribution in [0.2, 0.25) is 0 Å². The topological polar surface area (TPSA) is 117 Å². The molecule has 0 bridgehead atoms. The zero-order chi connectivity index (χ0) is 17.5. The lowest BCUT2D eigenvalue weighted by atomic mass is 10.2. The molecule has 0 spiro atoms. The van der Waals surface area contributed by atoms with Crippen molar-refractivity contribution >= 4 is 11.3 Å². The molecule has 1 aromatic carbocycles. The van der Waals surface area contributed by atoms with Crippen LogP contribution in [0.1, 0.15) is 18.3 Å². The van der Waals surface area contributed by atoms with E-state index in [0.717, 1.165) is 17.8 Å². The first-order valence-corrected chi connectivity index (χ1v) is 7.64. The van der Waals surface area contributed by atoms with Crippen molar-refractivity contribution in [2.24, 2.45) is 0 Å². The van der Waals surface area contributed by atoms with Gasteiger partial charge >= 0.3 is 0 Å². The molecule has 0 aliphatic heterocycles. The van der Waals surface area contributed by atoms with Crippen molar-refractivity contribution in [1.29, 1.82) is 5.26 Å². The summed E-state index contributed by atoms with van der Waals surface area (Å²) in [6.45, 7) is 3.24. The number of nitriles is 1. The van der Waals surface area contributed by atoms with Crippen LogP contribution in [-0.4, -0.2) is 30.4 Å². The smallest absolute Gasteiger partial charge is 0.216 e. The summed E-state index contributed by atoms with van der Waals surface area (Å²) in [6.07, 6.45) is 5.24. The van der Waals surface area contributed by atoms with Gasteiger partial charge in [-0.05, 0) is 24.3 Å². The van der Waals surface area contributed by atoms with E-state index in [1.54, 1.807) is 6.20 Å². The highest BCUT2D eigenvalue weighted by Crippen LogP contribution is 2.25. The Balaban J connectivity index is 1.71. The molecule has 0 aliphatic carbocycles. The van der Waals surface area contributed by atoms with Gasteiger partial charge in [0.25, 0.3) is 0 Å². The van der Waals surface area contributed by atoms with E-state index in [9.17, 15) is 5.26 Å². The zero-order valence-corrected chi connectivity index (χ0v) is 13.5. The fourth-order valence-corrected chi connectivity index (χ4v) is 2.10. The maximum absolute atomic E-state index is 9.20. The van der Waals surface area contributed by atoms with E-state index in [2.05, 4.69) is 31.0 Å². The third kappa shape index (κ3) is 4.00. The molecule has 0 atom stereocenters. The number of H-pyrrole nitrogens is 1. The summed E-state index contributed by atoms with van der Waals surface area (Å²) < 4.78 is 7.70. The number of nitrogens with zero attached hydrogens (tertiary/aromatic N) is 6. The second-order valence-electron chi connectivity index (χ2n) is 5.04. The molecule has 9 heteroatoms. The van der Waals surface area contributed by atoms with Gasteiger partial charge in [0, 0.05) is 24.5 Å². The lowest BCUT2D eigenvalue weighted by Gasteiger charge is -2.10. The summed E-state index contributed by atoms with van der Waals surface area (Å²) in [5, 5.41) is 29.8. The minimum Gasteiger partial charge on any atom is -0.487 e. The van der Waals surface area contributed by atoms with Crippen molar-refractivity contribution in [2.45, 2.75) is 20.1 Å². The Kier molecular flexibility index (Phi) is 5.01. The van der Waals surface area contributed by atoms with E-state index in [-0.39, 0.29) is 11.4 Å². The molecule has 9 nitrogen and oxygen atoms in total. The molecule has 25 heavy (non-hydrogen) atoms. The fraction of sp³-hybridized carbons (Fsp3) is 0.188. The standard InChI is InChI=1S/C16H16N8O/c1-2-24-10-12(8-19-24)11-25-15-6-4-3-5-14(15)18-9-13(7-17)16-20-22-23-21-16/h3-6,8-10,18H,2,11H2,1H3,(H,20,21,22,23). The van der Waals surface area contributed by atoms with Gasteiger partial charge in [-0.15, -0.1) is 10.2 Å². The molecule has 0 amide bonds. The Labute approximate surface area is 143 Å². The number of benzene rings is 1. The normalized spacial score (nSPS) is 11.1. The third-order valence-electron chi connectivity index (χ3n) is 3.37. The van der Waals surface area contributed by atoms with Crippen molar-refractivity contribution in [3.63, 3.8) is 0 Å². The number of allylic oxidation sites excluding steroid dienone is 1. The first-order valence-electron chi connectivity index (χ1n) is 7.64. The highest BCUT2D eigenvalue weighted by atomic mass is 16.5. The third-order valence-corrected chi connectivity index (χ3v) is 3.37. The Morgan fingerprint density at radius 2 is 2.32 bits per heavy atom. The van der Waals surface area contributed by atoms with Crippen LogP contribution in [-0.2, 0) is 13.2 Å². The molecule has 0 saturated heterocycles. The number of aromatic amines is 1. The van der Waals surface area contributed by atoms with Gasteiger partial charge in [0.05, 0.1) is 11.9 Å². The Morgan fingerprint density at radius 3 is 3.04 bits per heavy atom. The number of aromatic nitrogens is 6. The summed E-state index contributed by atoms with van der Waals surface area (Å²) in [6, 6.07) is 9.48. The van der Waals surface area contributed by atoms with Gasteiger partial charge in [-0.25, -0.2) is 0 Å². The molecule has 126 valence electrons. The van der Waals surface area contributed by atoms with Crippen molar-refractivity contribution < 1.29 is 4.74 Å². The van der Waals surface area contributed by atoms with Crippen LogP contribution in [0, 0.1) is 11.3 Å². The number of para-hydroxylation sites is 2. The highest BCUT2D eigenvalue weighted by Gasteiger charge is 2.07. The molecule has 2 N–H and O–H groups in total. The second kappa shape index (κ2) is 7.74. The minimum absolute atomic E-state index is 0.223. The molecule has 0 fully saturated rings. The SMILES string of the molecule is CCn1cc(COc2ccccc2NC=C(C#N)c2nn[nH]n2)cn1. The number of rotatable bonds is 7. The van der Waals surface area contributed by atoms with Crippen molar-refractivity contribution in [2.75, 3.05) is 5.32 Å². The molecule has 0 radical (unpaired) electrons. The van der Waals surface area contributed by atoms with Gasteiger partial charge in [0.2, 0.25) is 5.82 Å². The minimum atomic E-state index is 0.223. The average molecular weight is 336 g/mol. The molecule has 0 saturated carbocycles. The summed E-state index contributed by atoms with van der Waals surface area (Å²) in [5.74, 6) is 0.883. The van der Waals surface area contributed by atoms with Gasteiger partial charge in [0.1, 0.15) is 24.0 Å². The van der Waals surface area contributed by atoms with Crippen LogP contribution in [0.4, 0.5) is 5.69 Å². The van der Waals surface area contributed by atoms with Crippen molar-refractivity contribution in [1.82, 2.24) is 30.4 Å². The van der Waals surface area contributed by atoms with Crippen LogP contribution in [0.3, 0.4) is 0 Å². The Morgan fingerprint density at radius 1 is 1.44 bits per heavy atom. The molecule has 2 heterocycles. The van der Waals surface area contributed by atoms with Crippen LogP contribution in [0.5, 0.6) is 5.75 Å². The zero-order valence-electron chi connectivity index (χ0n) is 13.5. The van der Waals surface area contributed by atoms with Crippen molar-refractivity contribution in [3.8, 4) is 11.8 Å². The second-order valence-corrected chi connectivity index (χ2v) is 5.04. The molecule has 0 unspecified atom stereocenters. The van der Waals surface area contributed by atoms with Crippen LogP contribution in [0.15, 0.2) is 42.9 Å². The van der Waals surface area contributed by atoms with Gasteiger partial charge in [-0.1, -0.05) is 12.1 Å². The van der Waals surface area contributed by atoms with Crippen LogP contribution < -0.4 is 10.1 Å². The lowest BCUT2D eigenvalue weighted by Crippen LogP contribution is -1.99. The molecule has 3 rings (SSSR count). The maximum atomic E-state index is 9.20. The van der Waals surface area contributed by atoms with Gasteiger partial charge in [0.15, 0.2) is 0 Å². The van der Waals surface area contributed by atoms with Gasteiger partial charge in [-0.3, -0.25) is 4.68 Å².